The number of anilines is 1. The van der Waals surface area contributed by atoms with E-state index in [-0.39, 0.29) is 5.91 Å². The quantitative estimate of drug-likeness (QED) is 0.709. The highest BCUT2D eigenvalue weighted by Gasteiger charge is 2.13. The number of amides is 1. The summed E-state index contributed by atoms with van der Waals surface area (Å²) in [5.74, 6) is 0.845. The van der Waals surface area contributed by atoms with Crippen molar-refractivity contribution in [3.63, 3.8) is 0 Å². The van der Waals surface area contributed by atoms with Crippen molar-refractivity contribution < 1.29 is 14.3 Å². The van der Waals surface area contributed by atoms with Crippen LogP contribution in [-0.4, -0.2) is 25.1 Å². The van der Waals surface area contributed by atoms with E-state index in [2.05, 4.69) is 36.3 Å². The molecule has 134 valence electrons. The van der Waals surface area contributed by atoms with Gasteiger partial charge < -0.3 is 9.47 Å². The van der Waals surface area contributed by atoms with E-state index in [0.717, 1.165) is 11.3 Å². The Kier molecular flexibility index (Phi) is 5.23. The lowest BCUT2D eigenvalue weighted by Gasteiger charge is -2.09. The Balaban J connectivity index is 1.78. The third-order valence-corrected chi connectivity index (χ3v) is 4.93. The molecule has 0 saturated heterocycles. The minimum atomic E-state index is -0.244. The average molecular weight is 368 g/mol. The fourth-order valence-corrected chi connectivity index (χ4v) is 3.23. The van der Waals surface area contributed by atoms with E-state index in [1.165, 1.54) is 29.6 Å². The van der Waals surface area contributed by atoms with Gasteiger partial charge in [0.2, 0.25) is 0 Å². The largest absolute Gasteiger partial charge is 0.493 e. The second kappa shape index (κ2) is 7.58. The van der Waals surface area contributed by atoms with Gasteiger partial charge in [-0.2, -0.15) is 0 Å². The first-order chi connectivity index (χ1) is 12.5. The zero-order valence-electron chi connectivity index (χ0n) is 15.1. The molecule has 5 nitrogen and oxygen atoms in total. The number of nitrogens with zero attached hydrogens (tertiary/aromatic N) is 1. The Morgan fingerprint density at radius 2 is 1.77 bits per heavy atom. The minimum Gasteiger partial charge on any atom is -0.493 e. The van der Waals surface area contributed by atoms with Crippen LogP contribution in [0.1, 0.15) is 21.5 Å². The number of hydrogen-bond acceptors (Lipinski definition) is 5. The van der Waals surface area contributed by atoms with Crippen LogP contribution < -0.4 is 14.8 Å². The first kappa shape index (κ1) is 17.9. The van der Waals surface area contributed by atoms with Crippen LogP contribution in [0.2, 0.25) is 0 Å². The third kappa shape index (κ3) is 3.70. The van der Waals surface area contributed by atoms with Crippen molar-refractivity contribution in [2.24, 2.45) is 0 Å². The maximum Gasteiger partial charge on any atom is 0.257 e. The van der Waals surface area contributed by atoms with Crippen LogP contribution in [-0.2, 0) is 0 Å². The second-order valence-electron chi connectivity index (χ2n) is 5.86. The molecular weight excluding hydrogens is 348 g/mol. The van der Waals surface area contributed by atoms with Crippen molar-refractivity contribution in [2.75, 3.05) is 19.5 Å². The summed E-state index contributed by atoms with van der Waals surface area (Å²) in [6, 6.07) is 11.3. The van der Waals surface area contributed by atoms with E-state index >= 15 is 0 Å². The van der Waals surface area contributed by atoms with Crippen LogP contribution >= 0.6 is 11.3 Å². The predicted octanol–water partition coefficient (Wildman–Crippen LogP) is 4.70. The lowest BCUT2D eigenvalue weighted by Crippen LogP contribution is -2.12. The number of benzene rings is 2. The van der Waals surface area contributed by atoms with Crippen LogP contribution in [0.25, 0.3) is 11.3 Å². The molecule has 0 bridgehead atoms. The SMILES string of the molecule is COc1ccc(C(=O)Nc2nc(-c3ccc(C)c(C)c3)cs2)cc1OC. The molecule has 0 saturated carbocycles. The molecule has 1 amide bonds. The van der Waals surface area contributed by atoms with Crippen LogP contribution in [0.3, 0.4) is 0 Å². The van der Waals surface area contributed by atoms with E-state index in [9.17, 15) is 4.79 Å². The molecule has 1 heterocycles. The van der Waals surface area contributed by atoms with E-state index in [1.807, 2.05) is 11.4 Å². The Bertz CT molecular complexity index is 950. The van der Waals surface area contributed by atoms with Gasteiger partial charge in [0.1, 0.15) is 0 Å². The standard InChI is InChI=1S/C20H20N2O3S/c1-12-5-6-14(9-13(12)2)16-11-26-20(21-16)22-19(23)15-7-8-17(24-3)18(10-15)25-4/h5-11H,1-4H3,(H,21,22,23). The first-order valence-electron chi connectivity index (χ1n) is 8.08. The molecule has 0 fully saturated rings. The molecule has 0 spiro atoms. The van der Waals surface area contributed by atoms with Crippen LogP contribution in [0.15, 0.2) is 41.8 Å². The molecule has 6 heteroatoms. The summed E-state index contributed by atoms with van der Waals surface area (Å²) in [6.45, 7) is 4.15. The van der Waals surface area contributed by atoms with Gasteiger partial charge in [0.25, 0.3) is 5.91 Å². The Labute approximate surface area is 156 Å². The summed E-state index contributed by atoms with van der Waals surface area (Å²) in [5.41, 5.74) is 4.82. The fraction of sp³-hybridized carbons (Fsp3) is 0.200. The molecule has 2 aromatic carbocycles. The van der Waals surface area contributed by atoms with Crippen LogP contribution in [0, 0.1) is 13.8 Å². The number of carbonyl (C=O) groups excluding carboxylic acids is 1. The molecule has 0 unspecified atom stereocenters. The van der Waals surface area contributed by atoms with Gasteiger partial charge in [-0.1, -0.05) is 12.1 Å². The number of rotatable bonds is 5. The van der Waals surface area contributed by atoms with Gasteiger partial charge in [-0.3, -0.25) is 10.1 Å². The van der Waals surface area contributed by atoms with Crippen LogP contribution in [0.4, 0.5) is 5.13 Å². The number of hydrogen-bond donors (Lipinski definition) is 1. The lowest BCUT2D eigenvalue weighted by molar-refractivity contribution is 0.102. The van der Waals surface area contributed by atoms with E-state index in [0.29, 0.717) is 22.2 Å². The van der Waals surface area contributed by atoms with E-state index in [1.54, 1.807) is 25.3 Å². The number of ether oxygens (including phenoxy) is 2. The fourth-order valence-electron chi connectivity index (χ4n) is 2.51. The molecule has 3 aromatic rings. The zero-order valence-corrected chi connectivity index (χ0v) is 15.9. The monoisotopic (exact) mass is 368 g/mol. The summed E-state index contributed by atoms with van der Waals surface area (Å²) < 4.78 is 10.4. The molecular formula is C20H20N2O3S. The molecule has 0 atom stereocenters. The van der Waals surface area contributed by atoms with Gasteiger partial charge in [-0.25, -0.2) is 4.98 Å². The highest BCUT2D eigenvalue weighted by molar-refractivity contribution is 7.14. The summed E-state index contributed by atoms with van der Waals surface area (Å²) in [7, 11) is 3.09. The molecule has 1 N–H and O–H groups in total. The first-order valence-corrected chi connectivity index (χ1v) is 8.96. The van der Waals surface area contributed by atoms with Crippen LogP contribution in [0.5, 0.6) is 11.5 Å². The highest BCUT2D eigenvalue weighted by atomic mass is 32.1. The summed E-state index contributed by atoms with van der Waals surface area (Å²) in [6.07, 6.45) is 0. The van der Waals surface area contributed by atoms with Crippen molar-refractivity contribution in [3.8, 4) is 22.8 Å². The topological polar surface area (TPSA) is 60.5 Å². The Hall–Kier alpha value is -2.86. The van der Waals surface area contributed by atoms with E-state index < -0.39 is 0 Å². The Morgan fingerprint density at radius 1 is 1.00 bits per heavy atom. The molecule has 0 aliphatic carbocycles. The van der Waals surface area contributed by atoms with Crippen molar-refractivity contribution in [3.05, 3.63) is 58.5 Å². The third-order valence-electron chi connectivity index (χ3n) is 4.17. The number of aryl methyl sites for hydroxylation is 2. The summed E-state index contributed by atoms with van der Waals surface area (Å²) in [4.78, 5) is 17.0. The van der Waals surface area contributed by atoms with Gasteiger partial charge in [-0.15, -0.1) is 11.3 Å². The second-order valence-corrected chi connectivity index (χ2v) is 6.72. The Morgan fingerprint density at radius 3 is 2.46 bits per heavy atom. The van der Waals surface area contributed by atoms with Gasteiger partial charge >= 0.3 is 0 Å². The van der Waals surface area contributed by atoms with Gasteiger partial charge in [0.15, 0.2) is 16.6 Å². The maximum absolute atomic E-state index is 12.5. The maximum atomic E-state index is 12.5. The predicted molar refractivity (Wildman–Crippen MR) is 105 cm³/mol. The lowest BCUT2D eigenvalue weighted by atomic mass is 10.1. The van der Waals surface area contributed by atoms with Gasteiger partial charge in [0.05, 0.1) is 19.9 Å². The van der Waals surface area contributed by atoms with Crippen molar-refractivity contribution >= 4 is 22.4 Å². The molecule has 26 heavy (non-hydrogen) atoms. The number of nitrogens with one attached hydrogen (secondary N) is 1. The van der Waals surface area contributed by atoms with Gasteiger partial charge in [-0.05, 0) is 49.2 Å². The average Bonchev–Trinajstić information content (AvgIpc) is 3.11. The summed E-state index contributed by atoms with van der Waals surface area (Å²) in [5, 5.41) is 5.33. The normalized spacial score (nSPS) is 10.5. The van der Waals surface area contributed by atoms with Crippen molar-refractivity contribution in [2.45, 2.75) is 13.8 Å². The summed E-state index contributed by atoms with van der Waals surface area (Å²) >= 11 is 1.40. The number of aromatic nitrogens is 1. The molecule has 0 aliphatic rings. The molecule has 0 radical (unpaired) electrons. The van der Waals surface area contributed by atoms with Crippen molar-refractivity contribution in [1.82, 2.24) is 4.98 Å². The minimum absolute atomic E-state index is 0.244. The smallest absolute Gasteiger partial charge is 0.257 e. The zero-order chi connectivity index (χ0) is 18.7. The van der Waals surface area contributed by atoms with E-state index in [4.69, 9.17) is 9.47 Å². The molecule has 0 aliphatic heterocycles. The number of carbonyl (C=O) groups is 1. The number of methoxy groups -OCH3 is 2. The molecule has 1 aromatic heterocycles. The molecule has 3 rings (SSSR count). The highest BCUT2D eigenvalue weighted by Crippen LogP contribution is 2.29. The van der Waals surface area contributed by atoms with Gasteiger partial charge in [0, 0.05) is 16.5 Å². The van der Waals surface area contributed by atoms with Crippen molar-refractivity contribution in [1.29, 1.82) is 0 Å². The number of thiazole rings is 1.